The summed E-state index contributed by atoms with van der Waals surface area (Å²) in [5.74, 6) is 1.85. The van der Waals surface area contributed by atoms with Crippen LogP contribution >= 0.6 is 0 Å². The van der Waals surface area contributed by atoms with E-state index in [9.17, 15) is 0 Å². The van der Waals surface area contributed by atoms with Gasteiger partial charge in [-0.15, -0.1) is 0 Å². The van der Waals surface area contributed by atoms with Crippen LogP contribution in [0.5, 0.6) is 0 Å². The fourth-order valence-corrected chi connectivity index (χ4v) is 3.56. The highest BCUT2D eigenvalue weighted by Crippen LogP contribution is 2.30. The van der Waals surface area contributed by atoms with Gasteiger partial charge in [0.25, 0.3) is 0 Å². The molecule has 2 aliphatic rings. The van der Waals surface area contributed by atoms with E-state index in [1.165, 1.54) is 0 Å². The van der Waals surface area contributed by atoms with Crippen LogP contribution in [0.25, 0.3) is 11.1 Å². The quantitative estimate of drug-likeness (QED) is 0.871. The van der Waals surface area contributed by atoms with Crippen LogP contribution in [-0.4, -0.2) is 55.9 Å². The van der Waals surface area contributed by atoms with Gasteiger partial charge in [0.2, 0.25) is 0 Å². The van der Waals surface area contributed by atoms with Gasteiger partial charge in [-0.2, -0.15) is 0 Å². The summed E-state index contributed by atoms with van der Waals surface area (Å²) < 4.78 is 17.1. The van der Waals surface area contributed by atoms with Crippen molar-refractivity contribution in [2.75, 3.05) is 46.1 Å². The molecule has 124 valence electrons. The van der Waals surface area contributed by atoms with E-state index in [4.69, 9.17) is 13.9 Å². The number of hydrogen-bond donors (Lipinski definition) is 0. The molecule has 0 saturated carbocycles. The molecule has 5 nitrogen and oxygen atoms in total. The van der Waals surface area contributed by atoms with E-state index in [-0.39, 0.29) is 0 Å². The molecule has 0 N–H and O–H groups in total. The Bertz CT molecular complexity index is 593. The number of fused-ring (bicyclic) bond motifs is 1. The number of oxazole rings is 1. The Hall–Kier alpha value is -1.43. The third-order valence-corrected chi connectivity index (χ3v) is 4.84. The maximum atomic E-state index is 5.94. The lowest BCUT2D eigenvalue weighted by molar-refractivity contribution is 0.0921. The second-order valence-corrected chi connectivity index (χ2v) is 6.61. The molecule has 2 fully saturated rings. The molecule has 0 bridgehead atoms. The predicted molar refractivity (Wildman–Crippen MR) is 87.6 cm³/mol. The summed E-state index contributed by atoms with van der Waals surface area (Å²) in [7, 11) is 0. The molecule has 5 heteroatoms. The van der Waals surface area contributed by atoms with Crippen molar-refractivity contribution in [3.05, 3.63) is 30.2 Å². The topological polar surface area (TPSA) is 47.7 Å². The Morgan fingerprint density at radius 3 is 2.52 bits per heavy atom. The number of hydrogen-bond acceptors (Lipinski definition) is 5. The van der Waals surface area contributed by atoms with Crippen LogP contribution in [0.4, 0.5) is 0 Å². The summed E-state index contributed by atoms with van der Waals surface area (Å²) in [6, 6.07) is 8.02. The highest BCUT2D eigenvalue weighted by Gasteiger charge is 2.26. The van der Waals surface area contributed by atoms with Crippen molar-refractivity contribution in [1.29, 1.82) is 0 Å². The van der Waals surface area contributed by atoms with Crippen molar-refractivity contribution < 1.29 is 13.9 Å². The number of para-hydroxylation sites is 2. The lowest BCUT2D eigenvalue weighted by Gasteiger charge is -2.32. The summed E-state index contributed by atoms with van der Waals surface area (Å²) in [6.07, 6.45) is 2.22. The summed E-state index contributed by atoms with van der Waals surface area (Å²) in [6.45, 7) is 6.38. The molecule has 3 heterocycles. The van der Waals surface area contributed by atoms with Gasteiger partial charge in [-0.05, 0) is 38.1 Å². The monoisotopic (exact) mass is 316 g/mol. The van der Waals surface area contributed by atoms with E-state index in [0.29, 0.717) is 11.8 Å². The van der Waals surface area contributed by atoms with Crippen LogP contribution in [0, 0.1) is 5.92 Å². The smallest absolute Gasteiger partial charge is 0.198 e. The van der Waals surface area contributed by atoms with E-state index in [1.807, 2.05) is 24.3 Å². The highest BCUT2D eigenvalue weighted by atomic mass is 16.5. The van der Waals surface area contributed by atoms with E-state index < -0.39 is 0 Å². The zero-order valence-electron chi connectivity index (χ0n) is 13.4. The van der Waals surface area contributed by atoms with Gasteiger partial charge in [-0.1, -0.05) is 12.1 Å². The minimum atomic E-state index is 0.445. The first-order valence-electron chi connectivity index (χ1n) is 8.62. The standard InChI is InChI=1S/C18H24N2O3/c1-2-4-17-16(3-1)19-18(23-17)15-5-7-20(8-6-15)11-14-12-21-9-10-22-13-14/h1-4,14-15H,5-13H2. The zero-order chi connectivity index (χ0) is 15.5. The van der Waals surface area contributed by atoms with Gasteiger partial charge in [0, 0.05) is 18.4 Å². The third-order valence-electron chi connectivity index (χ3n) is 4.84. The first-order valence-corrected chi connectivity index (χ1v) is 8.62. The van der Waals surface area contributed by atoms with Crippen molar-refractivity contribution in [1.82, 2.24) is 9.88 Å². The third kappa shape index (κ3) is 3.57. The molecule has 1 aromatic heterocycles. The van der Waals surface area contributed by atoms with Crippen LogP contribution < -0.4 is 0 Å². The average Bonchev–Trinajstić information content (AvgIpc) is 2.86. The second kappa shape index (κ2) is 6.99. The van der Waals surface area contributed by atoms with Crippen LogP contribution in [0.2, 0.25) is 0 Å². The van der Waals surface area contributed by atoms with E-state index in [2.05, 4.69) is 9.88 Å². The lowest BCUT2D eigenvalue weighted by Crippen LogP contribution is -2.38. The molecular weight excluding hydrogens is 292 g/mol. The fourth-order valence-electron chi connectivity index (χ4n) is 3.56. The van der Waals surface area contributed by atoms with Crippen LogP contribution in [0.1, 0.15) is 24.7 Å². The summed E-state index contributed by atoms with van der Waals surface area (Å²) >= 11 is 0. The maximum Gasteiger partial charge on any atom is 0.198 e. The SMILES string of the molecule is c1ccc2oc(C3CCN(CC4COCCOC4)CC3)nc2c1. The van der Waals surface area contributed by atoms with Gasteiger partial charge < -0.3 is 18.8 Å². The van der Waals surface area contributed by atoms with Gasteiger partial charge in [0.15, 0.2) is 11.5 Å². The van der Waals surface area contributed by atoms with Crippen LogP contribution in [0.3, 0.4) is 0 Å². The fraction of sp³-hybridized carbons (Fsp3) is 0.611. The van der Waals surface area contributed by atoms with Crippen LogP contribution in [0.15, 0.2) is 28.7 Å². The maximum absolute atomic E-state index is 5.94. The normalized spacial score (nSPS) is 22.4. The lowest BCUT2D eigenvalue weighted by atomic mass is 9.96. The van der Waals surface area contributed by atoms with Crippen molar-refractivity contribution in [3.8, 4) is 0 Å². The summed E-state index contributed by atoms with van der Waals surface area (Å²) in [5, 5.41) is 0. The molecule has 0 aliphatic carbocycles. The molecule has 2 saturated heterocycles. The Labute approximate surface area is 136 Å². The largest absolute Gasteiger partial charge is 0.440 e. The van der Waals surface area contributed by atoms with Gasteiger partial charge >= 0.3 is 0 Å². The number of benzene rings is 1. The molecule has 2 aromatic rings. The van der Waals surface area contributed by atoms with Crippen LogP contribution in [-0.2, 0) is 9.47 Å². The molecule has 4 rings (SSSR count). The van der Waals surface area contributed by atoms with Gasteiger partial charge in [-0.3, -0.25) is 0 Å². The Morgan fingerprint density at radius 2 is 1.78 bits per heavy atom. The molecule has 0 unspecified atom stereocenters. The molecule has 0 spiro atoms. The van der Waals surface area contributed by atoms with E-state index in [1.54, 1.807) is 0 Å². The Morgan fingerprint density at radius 1 is 1.04 bits per heavy atom. The number of piperidine rings is 1. The van der Waals surface area contributed by atoms with Crippen molar-refractivity contribution >= 4 is 11.1 Å². The Balaban J connectivity index is 1.33. The first-order chi connectivity index (χ1) is 11.4. The molecule has 0 atom stereocenters. The van der Waals surface area contributed by atoms with Crippen molar-refractivity contribution in [2.45, 2.75) is 18.8 Å². The molecule has 23 heavy (non-hydrogen) atoms. The zero-order valence-corrected chi connectivity index (χ0v) is 13.4. The number of aromatic nitrogens is 1. The molecule has 0 radical (unpaired) electrons. The summed E-state index contributed by atoms with van der Waals surface area (Å²) in [5.41, 5.74) is 1.87. The van der Waals surface area contributed by atoms with E-state index >= 15 is 0 Å². The van der Waals surface area contributed by atoms with Gasteiger partial charge in [-0.25, -0.2) is 4.98 Å². The highest BCUT2D eigenvalue weighted by molar-refractivity contribution is 5.72. The van der Waals surface area contributed by atoms with Crippen molar-refractivity contribution in [2.24, 2.45) is 5.92 Å². The second-order valence-electron chi connectivity index (χ2n) is 6.61. The number of likely N-dealkylation sites (tertiary alicyclic amines) is 1. The van der Waals surface area contributed by atoms with Gasteiger partial charge in [0.1, 0.15) is 5.52 Å². The van der Waals surface area contributed by atoms with E-state index in [0.717, 1.165) is 75.9 Å². The first kappa shape index (κ1) is 15.1. The molecule has 1 aromatic carbocycles. The number of ether oxygens (including phenoxy) is 2. The van der Waals surface area contributed by atoms with Gasteiger partial charge in [0.05, 0.1) is 26.4 Å². The predicted octanol–water partition coefficient (Wildman–Crippen LogP) is 2.67. The molecule has 0 amide bonds. The summed E-state index contributed by atoms with van der Waals surface area (Å²) in [4.78, 5) is 7.19. The average molecular weight is 316 g/mol. The number of rotatable bonds is 3. The van der Waals surface area contributed by atoms with Crippen molar-refractivity contribution in [3.63, 3.8) is 0 Å². The minimum absolute atomic E-state index is 0.445. The Kier molecular flexibility index (Phi) is 4.60. The number of nitrogens with zero attached hydrogens (tertiary/aromatic N) is 2. The molecule has 2 aliphatic heterocycles. The minimum Gasteiger partial charge on any atom is -0.440 e. The molecular formula is C18H24N2O3.